The van der Waals surface area contributed by atoms with E-state index in [4.69, 9.17) is 10.5 Å². The highest BCUT2D eigenvalue weighted by Gasteiger charge is 2.42. The monoisotopic (exact) mass is 469 g/mol. The van der Waals surface area contributed by atoms with Crippen molar-refractivity contribution in [2.24, 2.45) is 5.73 Å². The molecule has 2 N–H and O–H groups in total. The minimum absolute atomic E-state index is 0.145. The number of hydrogen-bond donors (Lipinski definition) is 1. The van der Waals surface area contributed by atoms with Gasteiger partial charge in [0.25, 0.3) is 0 Å². The zero-order chi connectivity index (χ0) is 24.6. The second-order valence-corrected chi connectivity index (χ2v) is 8.56. The smallest absolute Gasteiger partial charge is 0.338 e. The first-order chi connectivity index (χ1) is 17.1. The molecule has 1 aliphatic heterocycles. The van der Waals surface area contributed by atoms with Crippen LogP contribution in [-0.2, 0) is 22.7 Å². The normalized spacial score (nSPS) is 15.9. The molecule has 0 fully saturated rings. The number of benzene rings is 3. The Morgan fingerprint density at radius 3 is 2.06 bits per heavy atom. The molecule has 6 heteroatoms. The Hall–Kier alpha value is -3.90. The van der Waals surface area contributed by atoms with Crippen LogP contribution in [-0.4, -0.2) is 34.9 Å². The summed E-state index contributed by atoms with van der Waals surface area (Å²) < 4.78 is 5.79. The van der Waals surface area contributed by atoms with Gasteiger partial charge in [-0.2, -0.15) is 0 Å². The van der Waals surface area contributed by atoms with E-state index in [9.17, 15) is 9.59 Å². The maximum atomic E-state index is 13.8. The second kappa shape index (κ2) is 11.5. The lowest BCUT2D eigenvalue weighted by Crippen LogP contribution is -2.50. The second-order valence-electron chi connectivity index (χ2n) is 8.56. The van der Waals surface area contributed by atoms with E-state index >= 15 is 0 Å². The van der Waals surface area contributed by atoms with E-state index in [-0.39, 0.29) is 12.6 Å². The van der Waals surface area contributed by atoms with Gasteiger partial charge >= 0.3 is 12.0 Å². The van der Waals surface area contributed by atoms with Gasteiger partial charge in [0.2, 0.25) is 0 Å². The van der Waals surface area contributed by atoms with Crippen LogP contribution in [0.2, 0.25) is 0 Å². The maximum absolute atomic E-state index is 13.8. The Balaban J connectivity index is 1.76. The zero-order valence-electron chi connectivity index (χ0n) is 20.0. The molecule has 1 unspecified atom stereocenters. The van der Waals surface area contributed by atoms with Crippen LogP contribution < -0.4 is 5.73 Å². The van der Waals surface area contributed by atoms with Gasteiger partial charge in [0.15, 0.2) is 0 Å². The number of nitrogens with two attached hydrogens (primary N) is 1. The summed E-state index contributed by atoms with van der Waals surface area (Å²) in [6.45, 7) is 3.23. The highest BCUT2D eigenvalue weighted by molar-refractivity contribution is 5.95. The Labute approximate surface area is 206 Å². The van der Waals surface area contributed by atoms with E-state index in [0.29, 0.717) is 37.3 Å². The molecule has 35 heavy (non-hydrogen) atoms. The zero-order valence-corrected chi connectivity index (χ0v) is 20.0. The molecule has 180 valence electrons. The summed E-state index contributed by atoms with van der Waals surface area (Å²) in [5, 5.41) is 0. The summed E-state index contributed by atoms with van der Waals surface area (Å²) in [6.07, 6.45) is 0.625. The van der Waals surface area contributed by atoms with Gasteiger partial charge in [0, 0.05) is 12.2 Å². The topological polar surface area (TPSA) is 75.9 Å². The molecule has 0 bridgehead atoms. The third-order valence-electron chi connectivity index (χ3n) is 6.19. The lowest BCUT2D eigenvalue weighted by molar-refractivity contribution is -0.141. The fourth-order valence-corrected chi connectivity index (χ4v) is 4.39. The van der Waals surface area contributed by atoms with Crippen LogP contribution >= 0.6 is 0 Å². The van der Waals surface area contributed by atoms with Crippen molar-refractivity contribution in [3.63, 3.8) is 0 Å². The largest absolute Gasteiger partial charge is 0.457 e. The van der Waals surface area contributed by atoms with E-state index in [2.05, 4.69) is 0 Å². The van der Waals surface area contributed by atoms with E-state index < -0.39 is 12.0 Å². The van der Waals surface area contributed by atoms with Crippen LogP contribution in [0.5, 0.6) is 0 Å². The van der Waals surface area contributed by atoms with Crippen LogP contribution in [0.25, 0.3) is 0 Å². The minimum atomic E-state index is -0.550. The molecule has 1 heterocycles. The first-order valence-corrected chi connectivity index (χ1v) is 11.9. The van der Waals surface area contributed by atoms with Gasteiger partial charge < -0.3 is 15.4 Å². The summed E-state index contributed by atoms with van der Waals surface area (Å²) in [7, 11) is 0. The Kier molecular flexibility index (Phi) is 7.95. The van der Waals surface area contributed by atoms with Gasteiger partial charge in [-0.1, -0.05) is 91.0 Å². The van der Waals surface area contributed by atoms with Gasteiger partial charge in [-0.15, -0.1) is 0 Å². The molecule has 3 aromatic rings. The SMILES string of the molecule is CC1=C(C(=O)OCc2ccccc2)C(c2ccccc2)N(CCCN)C(=O)N1Cc1ccccc1. The number of ether oxygens (including phenoxy) is 1. The molecule has 0 aliphatic carbocycles. The summed E-state index contributed by atoms with van der Waals surface area (Å²) in [4.78, 5) is 30.8. The molecular weight excluding hydrogens is 438 g/mol. The number of hydrogen-bond acceptors (Lipinski definition) is 4. The highest BCUT2D eigenvalue weighted by atomic mass is 16.5. The average molecular weight is 470 g/mol. The number of nitrogens with zero attached hydrogens (tertiary/aromatic N) is 2. The quantitative estimate of drug-likeness (QED) is 0.446. The standard InChI is InChI=1S/C29H31N3O3/c1-22-26(28(33)35-21-24-14-7-3-8-15-24)27(25-16-9-4-10-17-25)31(19-11-18-30)29(34)32(22)20-23-12-5-2-6-13-23/h2-10,12-17,27H,11,18-21,30H2,1H3. The van der Waals surface area contributed by atoms with Crippen molar-refractivity contribution in [2.45, 2.75) is 32.5 Å². The van der Waals surface area contributed by atoms with Crippen LogP contribution in [0.15, 0.2) is 102 Å². The van der Waals surface area contributed by atoms with Crippen LogP contribution in [0, 0.1) is 0 Å². The predicted octanol–water partition coefficient (Wildman–Crippen LogP) is 5.03. The highest BCUT2D eigenvalue weighted by Crippen LogP contribution is 2.38. The van der Waals surface area contributed by atoms with Crippen molar-refractivity contribution in [3.05, 3.63) is 119 Å². The molecule has 4 rings (SSSR count). The molecular formula is C29H31N3O3. The van der Waals surface area contributed by atoms with Crippen molar-refractivity contribution in [3.8, 4) is 0 Å². The maximum Gasteiger partial charge on any atom is 0.338 e. The number of carbonyl (C=O) groups excluding carboxylic acids is 2. The number of esters is 1. The van der Waals surface area contributed by atoms with Crippen LogP contribution in [0.4, 0.5) is 4.79 Å². The number of allylic oxidation sites excluding steroid dienone is 1. The van der Waals surface area contributed by atoms with E-state index in [1.165, 1.54) is 0 Å². The Morgan fingerprint density at radius 2 is 1.46 bits per heavy atom. The summed E-state index contributed by atoms with van der Waals surface area (Å²) in [5.41, 5.74) is 9.64. The number of amides is 2. The van der Waals surface area contributed by atoms with E-state index in [0.717, 1.165) is 16.7 Å². The third kappa shape index (κ3) is 5.61. The van der Waals surface area contributed by atoms with Crippen molar-refractivity contribution in [1.82, 2.24) is 9.80 Å². The molecule has 0 aromatic heterocycles. The van der Waals surface area contributed by atoms with Crippen LogP contribution in [0.3, 0.4) is 0 Å². The number of rotatable bonds is 9. The first kappa shape index (κ1) is 24.2. The summed E-state index contributed by atoms with van der Waals surface area (Å²) in [6, 6.07) is 28.3. The van der Waals surface area contributed by atoms with Crippen molar-refractivity contribution in [2.75, 3.05) is 13.1 Å². The van der Waals surface area contributed by atoms with Crippen molar-refractivity contribution >= 4 is 12.0 Å². The summed E-state index contributed by atoms with van der Waals surface area (Å²) in [5.74, 6) is -0.427. The lowest BCUT2D eigenvalue weighted by Gasteiger charge is -2.43. The average Bonchev–Trinajstić information content (AvgIpc) is 2.90. The molecule has 3 aromatic carbocycles. The summed E-state index contributed by atoms with van der Waals surface area (Å²) >= 11 is 0. The molecule has 1 atom stereocenters. The molecule has 1 aliphatic rings. The molecule has 0 saturated heterocycles. The molecule has 2 amide bonds. The van der Waals surface area contributed by atoms with Crippen LogP contribution in [0.1, 0.15) is 36.1 Å². The van der Waals surface area contributed by atoms with Crippen molar-refractivity contribution in [1.29, 1.82) is 0 Å². The molecule has 6 nitrogen and oxygen atoms in total. The van der Waals surface area contributed by atoms with Gasteiger partial charge in [-0.3, -0.25) is 4.90 Å². The minimum Gasteiger partial charge on any atom is -0.457 e. The first-order valence-electron chi connectivity index (χ1n) is 11.9. The Bertz CT molecular complexity index is 1160. The lowest BCUT2D eigenvalue weighted by atomic mass is 9.92. The molecule has 0 spiro atoms. The third-order valence-corrected chi connectivity index (χ3v) is 6.19. The fourth-order valence-electron chi connectivity index (χ4n) is 4.39. The van der Waals surface area contributed by atoms with Gasteiger partial charge in [0.1, 0.15) is 6.61 Å². The molecule has 0 saturated carbocycles. The fraction of sp³-hybridized carbons (Fsp3) is 0.241. The predicted molar refractivity (Wildman–Crippen MR) is 136 cm³/mol. The van der Waals surface area contributed by atoms with Gasteiger partial charge in [-0.05, 0) is 36.6 Å². The number of urea groups is 1. The van der Waals surface area contributed by atoms with E-state index in [1.807, 2.05) is 97.9 Å². The van der Waals surface area contributed by atoms with Gasteiger partial charge in [-0.25, -0.2) is 9.59 Å². The Morgan fingerprint density at radius 1 is 0.886 bits per heavy atom. The van der Waals surface area contributed by atoms with E-state index in [1.54, 1.807) is 9.80 Å². The van der Waals surface area contributed by atoms with Crippen molar-refractivity contribution < 1.29 is 14.3 Å². The number of carbonyl (C=O) groups is 2. The van der Waals surface area contributed by atoms with Gasteiger partial charge in [0.05, 0.1) is 18.2 Å². The molecule has 0 radical (unpaired) electrons.